The molecule has 4 nitrogen and oxygen atoms in total. The monoisotopic (exact) mass is 695 g/mol. The third-order valence-corrected chi connectivity index (χ3v) is 7.90. The number of imidazole rings is 1. The minimum Gasteiger partial charge on any atom is -0.346 e. The number of aryl methyl sites for hydroxylation is 2. The van der Waals surface area contributed by atoms with Crippen LogP contribution in [0.25, 0.3) is 0 Å². The molecule has 0 aliphatic carbocycles. The number of H-pyrrole nitrogens is 1. The molecule has 0 amide bonds. The first-order chi connectivity index (χ1) is 22.8. The van der Waals surface area contributed by atoms with Gasteiger partial charge < -0.3 is 4.98 Å². The normalized spacial score (nSPS) is 11.5. The van der Waals surface area contributed by atoms with E-state index in [0.717, 1.165) is 11.5 Å². The quantitative estimate of drug-likeness (QED) is 0.175. The van der Waals surface area contributed by atoms with Gasteiger partial charge in [-0.1, -0.05) is 202 Å². The maximum Gasteiger partial charge on any atom is 0.111 e. The second kappa shape index (κ2) is 20.2. The fourth-order valence-corrected chi connectivity index (χ4v) is 4.42. The molecule has 2 aromatic heterocycles. The van der Waals surface area contributed by atoms with Gasteiger partial charge in [0.1, 0.15) is 5.82 Å². The Morgan fingerprint density at radius 2 is 0.765 bits per heavy atom. The average Bonchev–Trinajstić information content (AvgIpc) is 3.67. The topological polar surface area (TPSA) is 46.5 Å². The van der Waals surface area contributed by atoms with E-state index < -0.39 is 0 Å². The molecule has 0 saturated carbocycles. The Labute approximate surface area is 314 Å². The molecule has 2 heterocycles. The van der Waals surface area contributed by atoms with Crippen molar-refractivity contribution >= 4 is 0 Å². The molecule has 5 rings (SSSR count). The summed E-state index contributed by atoms with van der Waals surface area (Å²) in [5.74, 6) is 1.06. The first-order valence-electron chi connectivity index (χ1n) is 18.0. The molecule has 0 bridgehead atoms. The summed E-state index contributed by atoms with van der Waals surface area (Å²) >= 11 is 0. The Morgan fingerprint density at radius 1 is 0.451 bits per heavy atom. The fraction of sp³-hybridized carbons (Fsp3) is 0.489. The summed E-state index contributed by atoms with van der Waals surface area (Å²) in [6.07, 6.45) is 5.83. The summed E-state index contributed by atoms with van der Waals surface area (Å²) in [6, 6.07) is 31.7. The van der Waals surface area contributed by atoms with Crippen molar-refractivity contribution in [2.75, 3.05) is 0 Å². The van der Waals surface area contributed by atoms with Crippen LogP contribution in [0.3, 0.4) is 0 Å². The Kier molecular flexibility index (Phi) is 18.7. The van der Waals surface area contributed by atoms with Crippen LogP contribution in [0.5, 0.6) is 0 Å². The van der Waals surface area contributed by atoms with E-state index in [0.29, 0.717) is 16.2 Å². The van der Waals surface area contributed by atoms with Crippen molar-refractivity contribution in [3.63, 3.8) is 0 Å². The van der Waals surface area contributed by atoms with E-state index in [1.165, 1.54) is 22.3 Å². The van der Waals surface area contributed by atoms with Crippen molar-refractivity contribution in [1.82, 2.24) is 19.7 Å². The van der Waals surface area contributed by atoms with Gasteiger partial charge in [0.25, 0.3) is 0 Å². The SMILES string of the molecule is C.CC(C)(C)c1ccccc1.CC(C)(C)c1ccccc1.CC(C)(C)c1ccccc1.Cc1cnc(C(C)(C)C)[nH]1.Cn1cc(C(C)(C)C)cn1. The smallest absolute Gasteiger partial charge is 0.111 e. The van der Waals surface area contributed by atoms with E-state index in [2.05, 4.69) is 216 Å². The Hall–Kier alpha value is -3.92. The van der Waals surface area contributed by atoms with Gasteiger partial charge in [-0.3, -0.25) is 4.68 Å². The second-order valence-corrected chi connectivity index (χ2v) is 18.2. The number of nitrogens with zero attached hydrogens (tertiary/aromatic N) is 3. The highest BCUT2D eigenvalue weighted by Gasteiger charge is 2.17. The maximum absolute atomic E-state index is 4.23. The van der Waals surface area contributed by atoms with Crippen LogP contribution in [-0.4, -0.2) is 19.7 Å². The van der Waals surface area contributed by atoms with Gasteiger partial charge in [-0.05, 0) is 50.8 Å². The molecular weight excluding hydrogens is 621 g/mol. The Bertz CT molecular complexity index is 1420. The van der Waals surface area contributed by atoms with Gasteiger partial charge in [-0.25, -0.2) is 4.98 Å². The third-order valence-electron chi connectivity index (χ3n) is 7.90. The number of benzene rings is 3. The standard InChI is InChI=1S/3C10H14.2C8H14N2.CH4/c3*1-10(2,3)9-7-5-4-6-8-9;1-8(2,3)7-5-9-10(4)6-7;1-6-5-9-7(10-6)8(2,3)4;/h3*4-8H,1-3H3;5-6H,1-4H3;5H,1-4H3,(H,9,10);1H4. The van der Waals surface area contributed by atoms with Crippen LogP contribution >= 0.6 is 0 Å². The third kappa shape index (κ3) is 19.3. The van der Waals surface area contributed by atoms with Crippen molar-refractivity contribution in [2.45, 2.75) is 145 Å². The lowest BCUT2D eigenvalue weighted by molar-refractivity contribution is 0.552. The highest BCUT2D eigenvalue weighted by molar-refractivity contribution is 5.23. The van der Waals surface area contributed by atoms with Gasteiger partial charge in [0, 0.05) is 30.6 Å². The van der Waals surface area contributed by atoms with Gasteiger partial charge in [0.15, 0.2) is 0 Å². The van der Waals surface area contributed by atoms with Crippen molar-refractivity contribution in [3.05, 3.63) is 143 Å². The molecule has 0 saturated heterocycles. The summed E-state index contributed by atoms with van der Waals surface area (Å²) in [7, 11) is 1.94. The number of aromatic nitrogens is 4. The Balaban J connectivity index is 0.000000610. The lowest BCUT2D eigenvalue weighted by Gasteiger charge is -2.18. The predicted molar refractivity (Wildman–Crippen MR) is 226 cm³/mol. The maximum atomic E-state index is 4.23. The van der Waals surface area contributed by atoms with Gasteiger partial charge >= 0.3 is 0 Å². The molecule has 0 aliphatic rings. The van der Waals surface area contributed by atoms with Crippen LogP contribution < -0.4 is 0 Å². The number of aromatic amines is 1. The van der Waals surface area contributed by atoms with Crippen molar-refractivity contribution in [1.29, 1.82) is 0 Å². The molecule has 1 N–H and O–H groups in total. The van der Waals surface area contributed by atoms with Gasteiger partial charge in [0.2, 0.25) is 0 Å². The van der Waals surface area contributed by atoms with E-state index in [1.54, 1.807) is 0 Å². The number of rotatable bonds is 0. The molecule has 0 spiro atoms. The molecular formula is C47H74N4. The van der Waals surface area contributed by atoms with Crippen molar-refractivity contribution in [3.8, 4) is 0 Å². The zero-order valence-electron chi connectivity index (χ0n) is 34.7. The van der Waals surface area contributed by atoms with Gasteiger partial charge in [0.05, 0.1) is 6.20 Å². The zero-order chi connectivity index (χ0) is 38.4. The van der Waals surface area contributed by atoms with Crippen molar-refractivity contribution < 1.29 is 0 Å². The van der Waals surface area contributed by atoms with E-state index in [-0.39, 0.29) is 18.3 Å². The van der Waals surface area contributed by atoms with Crippen LogP contribution in [0, 0.1) is 6.92 Å². The molecule has 282 valence electrons. The number of nitrogens with one attached hydrogen (secondary N) is 1. The van der Waals surface area contributed by atoms with Crippen LogP contribution in [0.15, 0.2) is 110 Å². The first kappa shape index (κ1) is 47.1. The average molecular weight is 695 g/mol. The number of hydrogen-bond donors (Lipinski definition) is 1. The van der Waals surface area contributed by atoms with Gasteiger partial charge in [-0.2, -0.15) is 5.10 Å². The summed E-state index contributed by atoms with van der Waals surface area (Å²) < 4.78 is 1.83. The largest absolute Gasteiger partial charge is 0.346 e. The van der Waals surface area contributed by atoms with E-state index in [9.17, 15) is 0 Å². The lowest BCUT2D eigenvalue weighted by atomic mass is 9.87. The first-order valence-corrected chi connectivity index (χ1v) is 18.0. The minimum absolute atomic E-state index is 0. The summed E-state index contributed by atoms with van der Waals surface area (Å²) in [5, 5.41) is 4.10. The lowest BCUT2D eigenvalue weighted by Crippen LogP contribution is -2.13. The van der Waals surface area contributed by atoms with E-state index in [4.69, 9.17) is 0 Å². The van der Waals surface area contributed by atoms with E-state index >= 15 is 0 Å². The van der Waals surface area contributed by atoms with Gasteiger partial charge in [-0.15, -0.1) is 0 Å². The highest BCUT2D eigenvalue weighted by Crippen LogP contribution is 2.23. The van der Waals surface area contributed by atoms with Crippen LogP contribution in [0.4, 0.5) is 0 Å². The van der Waals surface area contributed by atoms with Crippen LogP contribution in [0.2, 0.25) is 0 Å². The summed E-state index contributed by atoms with van der Waals surface area (Å²) in [4.78, 5) is 7.44. The highest BCUT2D eigenvalue weighted by atomic mass is 15.2. The number of hydrogen-bond acceptors (Lipinski definition) is 2. The van der Waals surface area contributed by atoms with E-state index in [1.807, 2.05) is 31.0 Å². The zero-order valence-corrected chi connectivity index (χ0v) is 34.7. The molecule has 0 radical (unpaired) electrons. The molecule has 0 fully saturated rings. The predicted octanol–water partition coefficient (Wildman–Crippen LogP) is 13.3. The second-order valence-electron chi connectivity index (χ2n) is 18.2. The Morgan fingerprint density at radius 3 is 0.902 bits per heavy atom. The summed E-state index contributed by atoms with van der Waals surface area (Å²) in [6.45, 7) is 35.0. The van der Waals surface area contributed by atoms with Crippen molar-refractivity contribution in [2.24, 2.45) is 7.05 Å². The summed E-state index contributed by atoms with van der Waals surface area (Å²) in [5.41, 5.74) is 7.87. The van der Waals surface area contributed by atoms with Crippen LogP contribution in [-0.2, 0) is 34.1 Å². The minimum atomic E-state index is 0. The fourth-order valence-electron chi connectivity index (χ4n) is 4.42. The molecule has 5 aromatic rings. The molecule has 0 aliphatic heterocycles. The molecule has 0 atom stereocenters. The molecule has 51 heavy (non-hydrogen) atoms. The molecule has 0 unspecified atom stereocenters. The molecule has 3 aromatic carbocycles. The molecule has 4 heteroatoms. The van der Waals surface area contributed by atoms with Crippen LogP contribution in [0.1, 0.15) is 145 Å².